The second kappa shape index (κ2) is 7.88. The summed E-state index contributed by atoms with van der Waals surface area (Å²) in [4.78, 5) is 17.1. The van der Waals surface area contributed by atoms with Crippen LogP contribution in [0.25, 0.3) is 43.6 Å². The summed E-state index contributed by atoms with van der Waals surface area (Å²) in [6.45, 7) is 0. The Morgan fingerprint density at radius 3 is 1.86 bits per heavy atom. The predicted molar refractivity (Wildman–Crippen MR) is 142 cm³/mol. The van der Waals surface area contributed by atoms with Gasteiger partial charge in [0.1, 0.15) is 17.2 Å². The number of pyridine rings is 2. The molecule has 1 aliphatic rings. The predicted octanol–water partition coefficient (Wildman–Crippen LogP) is 6.43. The molecule has 1 fully saturated rings. The first-order valence-corrected chi connectivity index (χ1v) is 12.2. The summed E-state index contributed by atoms with van der Waals surface area (Å²) in [7, 11) is 5.08. The molecule has 7 rings (SSSR count). The quantitative estimate of drug-likeness (QED) is 0.298. The van der Waals surface area contributed by atoms with E-state index in [1.807, 2.05) is 30.6 Å². The first-order valence-electron chi connectivity index (χ1n) is 12.2. The van der Waals surface area contributed by atoms with Crippen LogP contribution in [0.4, 0.5) is 0 Å². The molecule has 36 heavy (non-hydrogen) atoms. The fourth-order valence-electron chi connectivity index (χ4n) is 5.94. The number of aromatic amines is 2. The molecule has 1 saturated carbocycles. The average Bonchev–Trinajstić information content (AvgIpc) is 3.48. The molecule has 2 N–H and O–H groups in total. The van der Waals surface area contributed by atoms with Crippen LogP contribution in [-0.4, -0.2) is 41.3 Å². The summed E-state index contributed by atoms with van der Waals surface area (Å²) in [5.41, 5.74) is 6.21. The van der Waals surface area contributed by atoms with Gasteiger partial charge in [0, 0.05) is 28.1 Å². The monoisotopic (exact) mass is 478 g/mol. The van der Waals surface area contributed by atoms with Crippen LogP contribution >= 0.6 is 0 Å². The molecule has 2 atom stereocenters. The molecule has 180 valence electrons. The Balaban J connectivity index is 1.42. The van der Waals surface area contributed by atoms with Crippen LogP contribution in [0.5, 0.6) is 17.2 Å². The molecule has 0 aliphatic heterocycles. The average molecular weight is 479 g/mol. The van der Waals surface area contributed by atoms with Crippen LogP contribution in [0.15, 0.2) is 54.9 Å². The van der Waals surface area contributed by atoms with Gasteiger partial charge >= 0.3 is 0 Å². The second-order valence-corrected chi connectivity index (χ2v) is 9.39. The van der Waals surface area contributed by atoms with Crippen LogP contribution < -0.4 is 14.2 Å². The van der Waals surface area contributed by atoms with Gasteiger partial charge in [-0.05, 0) is 25.0 Å². The highest BCUT2D eigenvalue weighted by molar-refractivity contribution is 6.13. The molecule has 7 heteroatoms. The molecule has 0 saturated heterocycles. The van der Waals surface area contributed by atoms with E-state index in [0.29, 0.717) is 0 Å². The maximum absolute atomic E-state index is 5.73. The van der Waals surface area contributed by atoms with E-state index >= 15 is 0 Å². The number of methoxy groups -OCH3 is 3. The van der Waals surface area contributed by atoms with Crippen molar-refractivity contribution in [1.82, 2.24) is 19.9 Å². The lowest BCUT2D eigenvalue weighted by Crippen LogP contribution is -2.24. The van der Waals surface area contributed by atoms with Crippen molar-refractivity contribution >= 4 is 43.6 Å². The number of benzene rings is 2. The Bertz CT molecular complexity index is 1780. The smallest absolute Gasteiger partial charge is 0.147 e. The molecule has 7 nitrogen and oxygen atoms in total. The molecule has 1 aliphatic carbocycles. The molecular weight excluding hydrogens is 452 g/mol. The number of hydrogen-bond donors (Lipinski definition) is 2. The summed E-state index contributed by atoms with van der Waals surface area (Å²) in [6.07, 6.45) is 5.80. The highest BCUT2D eigenvalue weighted by Crippen LogP contribution is 2.53. The summed E-state index contributed by atoms with van der Waals surface area (Å²) >= 11 is 0. The maximum Gasteiger partial charge on any atom is 0.147 e. The topological polar surface area (TPSA) is 85.0 Å². The number of nitrogens with zero attached hydrogens (tertiary/aromatic N) is 2. The first kappa shape index (κ1) is 21.1. The van der Waals surface area contributed by atoms with Crippen molar-refractivity contribution in [2.75, 3.05) is 21.3 Å². The minimum Gasteiger partial charge on any atom is -0.495 e. The third kappa shape index (κ3) is 2.80. The number of fused-ring (bicyclic) bond motifs is 6. The summed E-state index contributed by atoms with van der Waals surface area (Å²) in [5, 5.41) is 4.35. The number of aromatic nitrogens is 4. The fourth-order valence-corrected chi connectivity index (χ4v) is 5.94. The van der Waals surface area contributed by atoms with E-state index in [2.05, 4.69) is 34.2 Å². The largest absolute Gasteiger partial charge is 0.495 e. The number of nitrogens with one attached hydrogen (secondary N) is 2. The van der Waals surface area contributed by atoms with Crippen LogP contribution in [0, 0.1) is 0 Å². The SMILES string of the molecule is COc1cccc2c1[nH]c1c([C@@H]3CC[C@H]3c3ncc(OC)c4c3[nH]c3ccccc34)ncc(OC)c12. The fraction of sp³-hybridized carbons (Fsp3) is 0.241. The molecule has 0 amide bonds. The molecule has 4 aromatic heterocycles. The van der Waals surface area contributed by atoms with Crippen LogP contribution in [0.1, 0.15) is 36.1 Å². The van der Waals surface area contributed by atoms with Crippen molar-refractivity contribution in [2.45, 2.75) is 24.7 Å². The van der Waals surface area contributed by atoms with Crippen LogP contribution in [0.2, 0.25) is 0 Å². The first-order chi connectivity index (χ1) is 17.7. The van der Waals surface area contributed by atoms with Gasteiger partial charge in [0.2, 0.25) is 0 Å². The Morgan fingerprint density at radius 2 is 1.22 bits per heavy atom. The van der Waals surface area contributed by atoms with Gasteiger partial charge in [-0.15, -0.1) is 0 Å². The molecule has 4 heterocycles. The zero-order valence-corrected chi connectivity index (χ0v) is 20.4. The molecule has 0 unspecified atom stereocenters. The number of H-pyrrole nitrogens is 2. The highest BCUT2D eigenvalue weighted by atomic mass is 16.5. The summed E-state index contributed by atoms with van der Waals surface area (Å²) in [5.74, 6) is 2.81. The molecule has 6 aromatic rings. The maximum atomic E-state index is 5.73. The van der Waals surface area contributed by atoms with Crippen LogP contribution in [-0.2, 0) is 0 Å². The van der Waals surface area contributed by atoms with E-state index in [0.717, 1.165) is 85.1 Å². The van der Waals surface area contributed by atoms with E-state index in [1.54, 1.807) is 21.3 Å². The van der Waals surface area contributed by atoms with Crippen molar-refractivity contribution in [2.24, 2.45) is 0 Å². The molecule has 0 bridgehead atoms. The van der Waals surface area contributed by atoms with Gasteiger partial charge in [-0.1, -0.05) is 30.3 Å². The summed E-state index contributed by atoms with van der Waals surface area (Å²) < 4.78 is 17.1. The summed E-state index contributed by atoms with van der Waals surface area (Å²) in [6, 6.07) is 14.4. The molecule has 0 radical (unpaired) electrons. The third-order valence-electron chi connectivity index (χ3n) is 7.79. The van der Waals surface area contributed by atoms with Gasteiger partial charge in [-0.25, -0.2) is 0 Å². The van der Waals surface area contributed by atoms with Gasteiger partial charge in [-0.3, -0.25) is 9.97 Å². The van der Waals surface area contributed by atoms with Gasteiger partial charge in [-0.2, -0.15) is 0 Å². The standard InChI is InChI=1S/C29H26N4O3/c1-34-20-10-6-8-18-24-22(36-3)14-31-27(29(24)33-25(18)20)16-12-11-15(16)26-28-23(21(35-2)13-30-26)17-7-4-5-9-19(17)32-28/h4-10,13-16,32-33H,11-12H2,1-3H3/t15-,16-/m1/s1. The minimum absolute atomic E-state index is 0.230. The van der Waals surface area contributed by atoms with E-state index in [-0.39, 0.29) is 11.8 Å². The number of para-hydroxylation sites is 2. The van der Waals surface area contributed by atoms with Gasteiger partial charge in [0.05, 0.1) is 72.4 Å². The van der Waals surface area contributed by atoms with E-state index < -0.39 is 0 Å². The Morgan fingerprint density at radius 1 is 0.639 bits per heavy atom. The molecule has 2 aromatic carbocycles. The third-order valence-corrected chi connectivity index (χ3v) is 7.79. The van der Waals surface area contributed by atoms with Crippen molar-refractivity contribution in [3.63, 3.8) is 0 Å². The van der Waals surface area contributed by atoms with Gasteiger partial charge in [0.25, 0.3) is 0 Å². The van der Waals surface area contributed by atoms with Crippen molar-refractivity contribution in [3.8, 4) is 17.2 Å². The lowest BCUT2D eigenvalue weighted by atomic mass is 9.69. The lowest BCUT2D eigenvalue weighted by Gasteiger charge is -2.36. The Kier molecular flexibility index (Phi) is 4.61. The van der Waals surface area contributed by atoms with Crippen molar-refractivity contribution in [1.29, 1.82) is 0 Å². The van der Waals surface area contributed by atoms with E-state index in [1.165, 1.54) is 0 Å². The lowest BCUT2D eigenvalue weighted by molar-refractivity contribution is 0.335. The zero-order chi connectivity index (χ0) is 24.4. The normalized spacial score (nSPS) is 17.6. The van der Waals surface area contributed by atoms with Crippen LogP contribution in [0.3, 0.4) is 0 Å². The number of hydrogen-bond acceptors (Lipinski definition) is 5. The number of rotatable bonds is 5. The Labute approximate surface area is 207 Å². The number of ether oxygens (including phenoxy) is 3. The zero-order valence-electron chi connectivity index (χ0n) is 20.4. The van der Waals surface area contributed by atoms with E-state index in [9.17, 15) is 0 Å². The van der Waals surface area contributed by atoms with E-state index in [4.69, 9.17) is 24.2 Å². The minimum atomic E-state index is 0.230. The van der Waals surface area contributed by atoms with Crippen molar-refractivity contribution < 1.29 is 14.2 Å². The Hall–Kier alpha value is -4.26. The second-order valence-electron chi connectivity index (χ2n) is 9.39. The molecule has 0 spiro atoms. The van der Waals surface area contributed by atoms with Gasteiger partial charge in [0.15, 0.2) is 0 Å². The van der Waals surface area contributed by atoms with Gasteiger partial charge < -0.3 is 24.2 Å². The highest BCUT2D eigenvalue weighted by Gasteiger charge is 2.39. The molecular formula is C29H26N4O3. The van der Waals surface area contributed by atoms with Crippen molar-refractivity contribution in [3.05, 3.63) is 66.2 Å².